The Kier molecular flexibility index (Phi) is 8.00. The minimum Gasteiger partial charge on any atom is -0.508 e. The maximum Gasteiger partial charge on any atom is 0.319 e. The molecular weight excluding hydrogens is 578 g/mol. The number of aromatic hydroxyl groups is 1. The first-order valence-corrected chi connectivity index (χ1v) is 16.1. The van der Waals surface area contributed by atoms with E-state index in [1.54, 1.807) is 31.4 Å². The fraction of sp³-hybridized carbons (Fsp3) is 0.486. The third-order valence-electron chi connectivity index (χ3n) is 10.1. The van der Waals surface area contributed by atoms with Crippen molar-refractivity contribution in [2.45, 2.75) is 69.6 Å². The molecule has 0 bridgehead atoms. The molecule has 3 saturated heterocycles. The molecule has 3 aliphatic rings. The Bertz CT molecular complexity index is 1750. The molecule has 0 amide bonds. The summed E-state index contributed by atoms with van der Waals surface area (Å²) < 4.78 is 43.7. The van der Waals surface area contributed by atoms with Crippen LogP contribution < -0.4 is 9.64 Å². The van der Waals surface area contributed by atoms with Crippen LogP contribution in [0.2, 0.25) is 0 Å². The molecule has 3 atom stereocenters. The number of aliphatic hydroxyl groups excluding tert-OH is 1. The van der Waals surface area contributed by atoms with Gasteiger partial charge in [-0.3, -0.25) is 4.90 Å². The number of methoxy groups -OCH3 is 1. The number of ether oxygens (including phenoxy) is 2. The number of anilines is 1. The van der Waals surface area contributed by atoms with Gasteiger partial charge < -0.3 is 24.6 Å². The van der Waals surface area contributed by atoms with Gasteiger partial charge in [-0.15, -0.1) is 0 Å². The van der Waals surface area contributed by atoms with Crippen LogP contribution in [0.15, 0.2) is 36.4 Å². The highest BCUT2D eigenvalue weighted by Crippen LogP contribution is 2.44. The van der Waals surface area contributed by atoms with Crippen LogP contribution in [-0.4, -0.2) is 82.7 Å². The van der Waals surface area contributed by atoms with Crippen molar-refractivity contribution in [1.29, 1.82) is 0 Å². The first kappa shape index (κ1) is 30.1. The third kappa shape index (κ3) is 5.26. The van der Waals surface area contributed by atoms with Crippen molar-refractivity contribution >= 4 is 27.5 Å². The Hall–Kier alpha value is -3.60. The van der Waals surface area contributed by atoms with Crippen LogP contribution in [-0.2, 0) is 11.2 Å². The molecule has 0 spiro atoms. The van der Waals surface area contributed by atoms with Crippen molar-refractivity contribution in [2.24, 2.45) is 0 Å². The number of rotatable bonds is 8. The Labute approximate surface area is 261 Å². The van der Waals surface area contributed by atoms with Gasteiger partial charge in [0.25, 0.3) is 0 Å². The van der Waals surface area contributed by atoms with Crippen molar-refractivity contribution in [3.05, 3.63) is 53.6 Å². The molecule has 0 saturated carbocycles. The summed E-state index contributed by atoms with van der Waals surface area (Å²) in [6.07, 6.45) is 5.47. The molecule has 8 nitrogen and oxygen atoms in total. The Morgan fingerprint density at radius 2 is 1.89 bits per heavy atom. The summed E-state index contributed by atoms with van der Waals surface area (Å²) in [4.78, 5) is 13.9. The van der Waals surface area contributed by atoms with Gasteiger partial charge in [0, 0.05) is 37.2 Å². The molecule has 1 aromatic heterocycles. The molecule has 0 radical (unpaired) electrons. The van der Waals surface area contributed by atoms with Gasteiger partial charge in [0.2, 0.25) is 0 Å². The number of hydrogen-bond donors (Lipinski definition) is 2. The van der Waals surface area contributed by atoms with Crippen molar-refractivity contribution < 1.29 is 28.5 Å². The molecule has 3 aliphatic heterocycles. The number of hydrogen-bond acceptors (Lipinski definition) is 8. The van der Waals surface area contributed by atoms with Gasteiger partial charge in [-0.25, -0.2) is 8.78 Å². The molecule has 4 aromatic rings. The molecule has 7 rings (SSSR count). The SMILES string of the molecule is CCc1c(F)ccc2cc(O)cc(-c3ccc4c(N5CCCC(O)C5)nc(OCC56CCCN5C(COC)CC6)nc4c3F)c12. The Morgan fingerprint density at radius 3 is 2.69 bits per heavy atom. The normalized spacial score (nSPS) is 23.7. The second-order valence-corrected chi connectivity index (χ2v) is 12.8. The minimum atomic E-state index is -0.599. The largest absolute Gasteiger partial charge is 0.508 e. The second kappa shape index (κ2) is 12.0. The molecule has 238 valence electrons. The smallest absolute Gasteiger partial charge is 0.319 e. The van der Waals surface area contributed by atoms with Crippen LogP contribution >= 0.6 is 0 Å². The summed E-state index contributed by atoms with van der Waals surface area (Å²) in [5.74, 6) is -0.491. The summed E-state index contributed by atoms with van der Waals surface area (Å²) in [7, 11) is 1.73. The van der Waals surface area contributed by atoms with Crippen molar-refractivity contribution in [1.82, 2.24) is 14.9 Å². The van der Waals surface area contributed by atoms with Gasteiger partial charge in [-0.1, -0.05) is 19.1 Å². The van der Waals surface area contributed by atoms with Crippen LogP contribution in [0, 0.1) is 11.6 Å². The predicted molar refractivity (Wildman–Crippen MR) is 170 cm³/mol. The van der Waals surface area contributed by atoms with Crippen LogP contribution in [0.1, 0.15) is 51.0 Å². The number of piperidine rings is 1. The number of aliphatic hydroxyl groups is 1. The number of halogens is 2. The fourth-order valence-electron chi connectivity index (χ4n) is 8.03. The maximum atomic E-state index is 16.8. The van der Waals surface area contributed by atoms with Crippen molar-refractivity contribution in [3.63, 3.8) is 0 Å². The average Bonchev–Trinajstić information content (AvgIpc) is 3.60. The molecule has 45 heavy (non-hydrogen) atoms. The van der Waals surface area contributed by atoms with Crippen LogP contribution in [0.3, 0.4) is 0 Å². The lowest BCUT2D eigenvalue weighted by molar-refractivity contribution is 0.0521. The number of phenolic OH excluding ortho intramolecular Hbond substituents is 1. The lowest BCUT2D eigenvalue weighted by Gasteiger charge is -2.34. The Balaban J connectivity index is 1.35. The van der Waals surface area contributed by atoms with Gasteiger partial charge in [-0.05, 0) is 97.7 Å². The zero-order valence-corrected chi connectivity index (χ0v) is 25.9. The first-order valence-electron chi connectivity index (χ1n) is 16.1. The van der Waals surface area contributed by atoms with E-state index in [2.05, 4.69) is 9.88 Å². The quantitative estimate of drug-likeness (QED) is 0.249. The molecule has 0 aliphatic carbocycles. The van der Waals surface area contributed by atoms with E-state index in [9.17, 15) is 14.6 Å². The van der Waals surface area contributed by atoms with E-state index in [4.69, 9.17) is 14.5 Å². The van der Waals surface area contributed by atoms with E-state index in [-0.39, 0.29) is 34.2 Å². The lowest BCUT2D eigenvalue weighted by atomic mass is 9.92. The predicted octanol–water partition coefficient (Wildman–Crippen LogP) is 5.98. The van der Waals surface area contributed by atoms with Gasteiger partial charge in [0.1, 0.15) is 29.5 Å². The minimum absolute atomic E-state index is 0.0379. The number of phenols is 1. The highest BCUT2D eigenvalue weighted by molar-refractivity contribution is 6.03. The highest BCUT2D eigenvalue weighted by Gasteiger charge is 2.49. The molecule has 3 aromatic carbocycles. The van der Waals surface area contributed by atoms with Gasteiger partial charge in [-0.2, -0.15) is 9.97 Å². The molecular formula is C35H40F2N4O4. The van der Waals surface area contributed by atoms with Crippen LogP contribution in [0.4, 0.5) is 14.6 Å². The average molecular weight is 619 g/mol. The summed E-state index contributed by atoms with van der Waals surface area (Å²) >= 11 is 0. The van der Waals surface area contributed by atoms with Crippen molar-refractivity contribution in [2.75, 3.05) is 44.9 Å². The monoisotopic (exact) mass is 618 g/mol. The third-order valence-corrected chi connectivity index (χ3v) is 10.1. The van der Waals surface area contributed by atoms with E-state index < -0.39 is 11.9 Å². The number of aryl methyl sites for hydroxylation is 1. The standard InChI is InChI=1S/C35H40F2N4O4/c1-3-25-29(36)10-7-21-16-24(43)17-28(30(21)25)26-8-9-27-32(31(26)37)38-34(39-33(27)40-14-4-6-23(42)18-40)45-20-35-12-5-15-41(35)22(11-13-35)19-44-2/h7-10,16-17,22-23,42-43H,3-6,11-15,18-20H2,1-2H3. The van der Waals surface area contributed by atoms with Gasteiger partial charge >= 0.3 is 6.01 Å². The first-order chi connectivity index (χ1) is 21.8. The second-order valence-electron chi connectivity index (χ2n) is 12.8. The van der Waals surface area contributed by atoms with Gasteiger partial charge in [0.05, 0.1) is 18.2 Å². The number of β-amino-alcohol motifs (C(OH)–C–C–N with tert-alkyl or cyclic N) is 1. The fourth-order valence-corrected chi connectivity index (χ4v) is 8.03. The summed E-state index contributed by atoms with van der Waals surface area (Å²) in [5.41, 5.74) is 1.01. The molecule has 3 unspecified atom stereocenters. The van der Waals surface area contributed by atoms with Gasteiger partial charge in [0.15, 0.2) is 5.82 Å². The summed E-state index contributed by atoms with van der Waals surface area (Å²) in [5, 5.41) is 22.8. The highest BCUT2D eigenvalue weighted by atomic mass is 19.1. The summed E-state index contributed by atoms with van der Waals surface area (Å²) in [6, 6.07) is 9.89. The number of aromatic nitrogens is 2. The van der Waals surface area contributed by atoms with E-state index in [0.717, 1.165) is 38.6 Å². The van der Waals surface area contributed by atoms with E-state index in [0.29, 0.717) is 78.3 Å². The number of benzene rings is 3. The van der Waals surface area contributed by atoms with Crippen LogP contribution in [0.25, 0.3) is 32.8 Å². The zero-order valence-electron chi connectivity index (χ0n) is 25.9. The molecule has 10 heteroatoms. The molecule has 4 heterocycles. The summed E-state index contributed by atoms with van der Waals surface area (Å²) in [6.45, 7) is 4.95. The van der Waals surface area contributed by atoms with Crippen LogP contribution in [0.5, 0.6) is 11.8 Å². The van der Waals surface area contributed by atoms with E-state index in [1.807, 2.05) is 11.8 Å². The van der Waals surface area contributed by atoms with Crippen molar-refractivity contribution in [3.8, 4) is 22.9 Å². The molecule has 2 N–H and O–H groups in total. The number of nitrogens with zero attached hydrogens (tertiary/aromatic N) is 4. The molecule has 3 fully saturated rings. The van der Waals surface area contributed by atoms with E-state index in [1.165, 1.54) is 12.1 Å². The zero-order chi connectivity index (χ0) is 31.3. The topological polar surface area (TPSA) is 91.2 Å². The maximum absolute atomic E-state index is 16.8. The number of fused-ring (bicyclic) bond motifs is 3. The lowest BCUT2D eigenvalue weighted by Crippen LogP contribution is -2.47. The Morgan fingerprint density at radius 1 is 1.02 bits per heavy atom. The van der Waals surface area contributed by atoms with E-state index >= 15 is 4.39 Å².